The van der Waals surface area contributed by atoms with Crippen molar-refractivity contribution in [2.75, 3.05) is 43.9 Å². The molecule has 2 aromatic heterocycles. The molecule has 7 nitrogen and oxygen atoms in total. The van der Waals surface area contributed by atoms with Gasteiger partial charge in [-0.05, 0) is 37.4 Å². The summed E-state index contributed by atoms with van der Waals surface area (Å²) < 4.78 is 14.3. The highest BCUT2D eigenvalue weighted by atomic mass is 32.1. The minimum atomic E-state index is -0.388. The third-order valence-corrected chi connectivity index (χ3v) is 5.82. The van der Waals surface area contributed by atoms with Crippen LogP contribution < -0.4 is 10.6 Å². The van der Waals surface area contributed by atoms with Gasteiger partial charge in [0.15, 0.2) is 5.13 Å². The minimum Gasteiger partial charge on any atom is -0.378 e. The average Bonchev–Trinajstić information content (AvgIpc) is 3.21. The molecule has 0 saturated carbocycles. The number of piperazine rings is 1. The van der Waals surface area contributed by atoms with E-state index in [2.05, 4.69) is 25.5 Å². The Hall–Kier alpha value is -3.04. The zero-order valence-corrected chi connectivity index (χ0v) is 17.5. The molecule has 30 heavy (non-hydrogen) atoms. The number of nitrogens with one attached hydrogen (secondary N) is 2. The number of nitrogens with zero attached hydrogens (tertiary/aromatic N) is 4. The average molecular weight is 427 g/mol. The molecule has 0 aliphatic carbocycles. The van der Waals surface area contributed by atoms with Crippen LogP contribution in [-0.4, -0.2) is 58.9 Å². The molecule has 9 heteroatoms. The van der Waals surface area contributed by atoms with E-state index in [4.69, 9.17) is 0 Å². The molecule has 1 aliphatic heterocycles. The van der Waals surface area contributed by atoms with Crippen molar-refractivity contribution < 1.29 is 9.18 Å². The number of amides is 1. The van der Waals surface area contributed by atoms with E-state index in [1.165, 1.54) is 17.4 Å². The Morgan fingerprint density at radius 2 is 2.00 bits per heavy atom. The first-order valence-electron chi connectivity index (χ1n) is 9.72. The van der Waals surface area contributed by atoms with Crippen molar-refractivity contribution in [3.8, 4) is 0 Å². The molecule has 156 valence electrons. The molecule has 2 N–H and O–H groups in total. The zero-order chi connectivity index (χ0) is 20.9. The highest BCUT2D eigenvalue weighted by Gasteiger charge is 2.21. The lowest BCUT2D eigenvalue weighted by molar-refractivity contribution is 0.0664. The molecular formula is C21H23FN6OS. The summed E-state index contributed by atoms with van der Waals surface area (Å²) in [6.45, 7) is 3.46. The Balaban J connectivity index is 1.39. The smallest absolute Gasteiger partial charge is 0.254 e. The quantitative estimate of drug-likeness (QED) is 0.629. The Morgan fingerprint density at radius 1 is 1.17 bits per heavy atom. The third-order valence-electron chi connectivity index (χ3n) is 4.91. The molecule has 0 spiro atoms. The molecule has 0 atom stereocenters. The molecule has 1 saturated heterocycles. The largest absolute Gasteiger partial charge is 0.378 e. The molecule has 0 bridgehead atoms. The van der Waals surface area contributed by atoms with Crippen LogP contribution in [0, 0.1) is 5.82 Å². The molecule has 4 rings (SSSR count). The highest BCUT2D eigenvalue weighted by Crippen LogP contribution is 2.24. The SMILES string of the molecule is CN1CCN(C(=O)c2ccc(F)c(NCc3cnc(Nc4ccccn4)s3)c2)CC1. The molecule has 1 aromatic carbocycles. The lowest BCUT2D eigenvalue weighted by atomic mass is 10.1. The molecule has 1 fully saturated rings. The van der Waals surface area contributed by atoms with Gasteiger partial charge in [-0.25, -0.2) is 14.4 Å². The van der Waals surface area contributed by atoms with Crippen LogP contribution in [0.4, 0.5) is 21.0 Å². The number of rotatable bonds is 6. The van der Waals surface area contributed by atoms with E-state index in [9.17, 15) is 9.18 Å². The second-order valence-corrected chi connectivity index (χ2v) is 8.23. The van der Waals surface area contributed by atoms with Crippen molar-refractivity contribution >= 4 is 33.9 Å². The number of aromatic nitrogens is 2. The number of halogens is 1. The zero-order valence-electron chi connectivity index (χ0n) is 16.6. The van der Waals surface area contributed by atoms with Crippen molar-refractivity contribution in [3.63, 3.8) is 0 Å². The van der Waals surface area contributed by atoms with E-state index in [1.54, 1.807) is 24.5 Å². The minimum absolute atomic E-state index is 0.0641. The maximum absolute atomic E-state index is 14.3. The number of thiazole rings is 1. The highest BCUT2D eigenvalue weighted by molar-refractivity contribution is 7.15. The van der Waals surface area contributed by atoms with Gasteiger partial charge >= 0.3 is 0 Å². The fourth-order valence-electron chi connectivity index (χ4n) is 3.16. The summed E-state index contributed by atoms with van der Waals surface area (Å²) in [4.78, 5) is 26.2. The van der Waals surface area contributed by atoms with Gasteiger partial charge in [0.2, 0.25) is 0 Å². The van der Waals surface area contributed by atoms with Crippen molar-refractivity contribution in [1.82, 2.24) is 19.8 Å². The Bertz CT molecular complexity index is 1000. The first-order valence-corrected chi connectivity index (χ1v) is 10.5. The van der Waals surface area contributed by atoms with E-state index in [0.717, 1.165) is 18.0 Å². The number of anilines is 3. The van der Waals surface area contributed by atoms with Crippen LogP contribution >= 0.6 is 11.3 Å². The molecule has 3 heterocycles. The van der Waals surface area contributed by atoms with Crippen molar-refractivity contribution in [2.24, 2.45) is 0 Å². The van der Waals surface area contributed by atoms with Gasteiger partial charge in [-0.1, -0.05) is 17.4 Å². The fraction of sp³-hybridized carbons (Fsp3) is 0.286. The van der Waals surface area contributed by atoms with Crippen LogP contribution in [0.25, 0.3) is 0 Å². The number of benzene rings is 1. The molecule has 0 radical (unpaired) electrons. The van der Waals surface area contributed by atoms with Crippen LogP contribution in [0.1, 0.15) is 15.2 Å². The second-order valence-electron chi connectivity index (χ2n) is 7.12. The second kappa shape index (κ2) is 9.19. The van der Waals surface area contributed by atoms with E-state index in [1.807, 2.05) is 30.1 Å². The first kappa shape index (κ1) is 20.2. The molecule has 0 unspecified atom stereocenters. The Morgan fingerprint density at radius 3 is 2.77 bits per heavy atom. The van der Waals surface area contributed by atoms with E-state index >= 15 is 0 Å². The summed E-state index contributed by atoms with van der Waals surface area (Å²) >= 11 is 1.46. The van der Waals surface area contributed by atoms with E-state index in [-0.39, 0.29) is 11.7 Å². The lowest BCUT2D eigenvalue weighted by Gasteiger charge is -2.32. The monoisotopic (exact) mass is 426 g/mol. The number of hydrogen-bond donors (Lipinski definition) is 2. The maximum Gasteiger partial charge on any atom is 0.254 e. The summed E-state index contributed by atoms with van der Waals surface area (Å²) in [5, 5.41) is 6.94. The van der Waals surface area contributed by atoms with Crippen LogP contribution in [0.15, 0.2) is 48.8 Å². The Labute approximate surface area is 178 Å². The predicted molar refractivity (Wildman–Crippen MR) is 117 cm³/mol. The topological polar surface area (TPSA) is 73.4 Å². The number of pyridine rings is 1. The molecular weight excluding hydrogens is 403 g/mol. The normalized spacial score (nSPS) is 14.5. The standard InChI is InChI=1S/C21H23FN6OS/c1-27-8-10-28(11-9-27)20(29)15-5-6-17(22)18(12-15)24-13-16-14-25-21(30-16)26-19-4-2-3-7-23-19/h2-7,12,14,24H,8-11,13H2,1H3,(H,23,25,26). The summed E-state index contributed by atoms with van der Waals surface area (Å²) in [5.41, 5.74) is 0.799. The third kappa shape index (κ3) is 4.92. The number of likely N-dealkylation sites (N-methyl/N-ethyl adjacent to an activating group) is 1. The number of carbonyl (C=O) groups excluding carboxylic acids is 1. The lowest BCUT2D eigenvalue weighted by Crippen LogP contribution is -2.47. The number of hydrogen-bond acceptors (Lipinski definition) is 7. The van der Waals surface area contributed by atoms with Gasteiger partial charge in [0.05, 0.1) is 12.2 Å². The van der Waals surface area contributed by atoms with Gasteiger partial charge in [-0.15, -0.1) is 0 Å². The molecule has 1 aliphatic rings. The predicted octanol–water partition coefficient (Wildman–Crippen LogP) is 3.42. The molecule has 3 aromatic rings. The fourth-order valence-corrected chi connectivity index (χ4v) is 3.92. The van der Waals surface area contributed by atoms with Crippen LogP contribution in [0.3, 0.4) is 0 Å². The summed E-state index contributed by atoms with van der Waals surface area (Å²) in [6.07, 6.45) is 3.44. The van der Waals surface area contributed by atoms with Gasteiger partial charge in [-0.2, -0.15) is 0 Å². The van der Waals surface area contributed by atoms with Gasteiger partial charge in [0.1, 0.15) is 11.6 Å². The first-order chi connectivity index (χ1) is 14.6. The summed E-state index contributed by atoms with van der Waals surface area (Å²) in [7, 11) is 2.04. The van der Waals surface area contributed by atoms with Crippen molar-refractivity contribution in [2.45, 2.75) is 6.54 Å². The molecule has 1 amide bonds. The summed E-state index contributed by atoms with van der Waals surface area (Å²) in [5.74, 6) is 0.264. The number of carbonyl (C=O) groups is 1. The van der Waals surface area contributed by atoms with Crippen molar-refractivity contribution in [1.29, 1.82) is 0 Å². The van der Waals surface area contributed by atoms with Gasteiger partial charge < -0.3 is 20.4 Å². The van der Waals surface area contributed by atoms with Crippen LogP contribution in [0.2, 0.25) is 0 Å². The van der Waals surface area contributed by atoms with Gasteiger partial charge in [-0.3, -0.25) is 4.79 Å². The van der Waals surface area contributed by atoms with Crippen LogP contribution in [0.5, 0.6) is 0 Å². The van der Waals surface area contributed by atoms with E-state index in [0.29, 0.717) is 41.8 Å². The van der Waals surface area contributed by atoms with Crippen LogP contribution in [-0.2, 0) is 6.54 Å². The van der Waals surface area contributed by atoms with Crippen molar-refractivity contribution in [3.05, 3.63) is 65.0 Å². The van der Waals surface area contributed by atoms with Gasteiger partial charge in [0, 0.05) is 49.0 Å². The van der Waals surface area contributed by atoms with E-state index < -0.39 is 0 Å². The van der Waals surface area contributed by atoms with Gasteiger partial charge in [0.25, 0.3) is 5.91 Å². The maximum atomic E-state index is 14.3. The Kier molecular flexibility index (Phi) is 6.20. The summed E-state index contributed by atoms with van der Waals surface area (Å²) in [6, 6.07) is 10.1.